The summed E-state index contributed by atoms with van der Waals surface area (Å²) in [5, 5.41) is 12.7. The molecule has 0 N–H and O–H groups in total. The minimum Gasteiger partial charge on any atom is -0.309 e. The Labute approximate surface area is 288 Å². The molecule has 0 radical (unpaired) electrons. The topological polar surface area (TPSA) is 9.86 Å². The molecule has 0 aliphatic carbocycles. The van der Waals surface area contributed by atoms with E-state index in [9.17, 15) is 0 Å². The van der Waals surface area contributed by atoms with Crippen molar-refractivity contribution in [3.8, 4) is 22.5 Å². The van der Waals surface area contributed by atoms with Crippen molar-refractivity contribution in [3.05, 3.63) is 182 Å². The van der Waals surface area contributed by atoms with Gasteiger partial charge in [0.05, 0.1) is 22.1 Å². The summed E-state index contributed by atoms with van der Waals surface area (Å²) in [7, 11) is 0. The van der Waals surface area contributed by atoms with E-state index in [4.69, 9.17) is 0 Å². The second-order valence-corrected chi connectivity index (χ2v) is 13.3. The molecule has 2 heterocycles. The molecular formula is C48H30N2. The lowest BCUT2D eigenvalue weighted by Crippen LogP contribution is -1.96. The predicted molar refractivity (Wildman–Crippen MR) is 213 cm³/mol. The van der Waals surface area contributed by atoms with Crippen molar-refractivity contribution in [3.63, 3.8) is 0 Å². The van der Waals surface area contributed by atoms with E-state index in [0.29, 0.717) is 0 Å². The number of para-hydroxylation sites is 4. The highest BCUT2D eigenvalue weighted by Crippen LogP contribution is 2.42. The summed E-state index contributed by atoms with van der Waals surface area (Å²) in [5.41, 5.74) is 9.63. The van der Waals surface area contributed by atoms with Crippen molar-refractivity contribution in [1.82, 2.24) is 9.13 Å². The smallest absolute Gasteiger partial charge is 0.0619 e. The minimum absolute atomic E-state index is 1.17. The lowest BCUT2D eigenvalue weighted by Gasteiger charge is -2.15. The molecule has 0 spiro atoms. The molecule has 50 heavy (non-hydrogen) atoms. The SMILES string of the molecule is c1ccc(-n2c3ccccc3c3cc(-c4cccc5c6ccccc6n(-c6ccc7c8ccccc8c8ccccc8c7c6)c45)ccc32)cc1. The Balaban J connectivity index is 1.21. The molecule has 0 aliphatic rings. The fourth-order valence-electron chi connectivity index (χ4n) is 8.55. The lowest BCUT2D eigenvalue weighted by atomic mass is 9.94. The molecule has 0 bridgehead atoms. The normalized spacial score (nSPS) is 12.0. The van der Waals surface area contributed by atoms with Crippen LogP contribution in [0.3, 0.4) is 0 Å². The second kappa shape index (κ2) is 10.4. The van der Waals surface area contributed by atoms with E-state index < -0.39 is 0 Å². The highest BCUT2D eigenvalue weighted by molar-refractivity contribution is 6.26. The Bertz CT molecular complexity index is 3110. The highest BCUT2D eigenvalue weighted by atomic mass is 15.0. The van der Waals surface area contributed by atoms with Crippen LogP contribution in [0.4, 0.5) is 0 Å². The third kappa shape index (κ3) is 3.79. The number of benzene rings is 9. The van der Waals surface area contributed by atoms with Crippen LogP contribution in [-0.2, 0) is 0 Å². The van der Waals surface area contributed by atoms with Gasteiger partial charge < -0.3 is 9.13 Å². The Morgan fingerprint density at radius 1 is 0.260 bits per heavy atom. The maximum Gasteiger partial charge on any atom is 0.0619 e. The summed E-state index contributed by atoms with van der Waals surface area (Å²) in [6.07, 6.45) is 0. The van der Waals surface area contributed by atoms with Crippen LogP contribution < -0.4 is 0 Å². The van der Waals surface area contributed by atoms with Crippen molar-refractivity contribution >= 4 is 75.9 Å². The summed E-state index contributed by atoms with van der Waals surface area (Å²) in [4.78, 5) is 0. The first kappa shape index (κ1) is 27.3. The molecule has 2 aromatic heterocycles. The molecule has 2 heteroatoms. The van der Waals surface area contributed by atoms with Crippen molar-refractivity contribution in [1.29, 1.82) is 0 Å². The molecule has 11 aromatic rings. The number of nitrogens with zero attached hydrogens (tertiary/aromatic N) is 2. The standard InChI is InChI=1S/C48H30N2/c1-2-13-32(14-3-1)49-45-23-10-9-20-41(45)44-29-31(25-28-47(44)49)34-21-12-22-42-40-19-8-11-24-46(40)50(48(34)42)33-26-27-39-37-17-5-4-15-35(37)36-16-6-7-18-38(36)43(39)30-33/h1-30H. The molecular weight excluding hydrogens is 605 g/mol. The van der Waals surface area contributed by atoms with Crippen molar-refractivity contribution in [2.24, 2.45) is 0 Å². The predicted octanol–water partition coefficient (Wildman–Crippen LogP) is 13.0. The monoisotopic (exact) mass is 634 g/mol. The van der Waals surface area contributed by atoms with Crippen LogP contribution in [-0.4, -0.2) is 9.13 Å². The number of aromatic nitrogens is 2. The molecule has 0 aliphatic heterocycles. The Hall–Kier alpha value is -6.64. The minimum atomic E-state index is 1.17. The fourth-order valence-corrected chi connectivity index (χ4v) is 8.55. The summed E-state index contributed by atoms with van der Waals surface area (Å²) in [6.45, 7) is 0. The van der Waals surface area contributed by atoms with Gasteiger partial charge >= 0.3 is 0 Å². The Kier molecular flexibility index (Phi) is 5.70. The van der Waals surface area contributed by atoms with Crippen LogP contribution in [0, 0.1) is 0 Å². The molecule has 11 rings (SSSR count). The summed E-state index contributed by atoms with van der Waals surface area (Å²) in [5.74, 6) is 0. The average Bonchev–Trinajstić information content (AvgIpc) is 3.71. The summed E-state index contributed by atoms with van der Waals surface area (Å²) >= 11 is 0. The number of rotatable bonds is 3. The van der Waals surface area contributed by atoms with E-state index in [1.165, 1.54) is 98.4 Å². The van der Waals surface area contributed by atoms with Gasteiger partial charge in [0.2, 0.25) is 0 Å². The third-order valence-corrected chi connectivity index (χ3v) is 10.7. The number of hydrogen-bond donors (Lipinski definition) is 0. The number of fused-ring (bicyclic) bond motifs is 12. The molecule has 0 fully saturated rings. The van der Waals surface area contributed by atoms with Gasteiger partial charge in [-0.3, -0.25) is 0 Å². The van der Waals surface area contributed by atoms with E-state index in [1.54, 1.807) is 0 Å². The largest absolute Gasteiger partial charge is 0.309 e. The van der Waals surface area contributed by atoms with E-state index in [-0.39, 0.29) is 0 Å². The first-order chi connectivity index (χ1) is 24.8. The van der Waals surface area contributed by atoms with Crippen LogP contribution in [0.2, 0.25) is 0 Å². The average molecular weight is 635 g/mol. The zero-order valence-electron chi connectivity index (χ0n) is 27.2. The van der Waals surface area contributed by atoms with Crippen molar-refractivity contribution in [2.75, 3.05) is 0 Å². The Morgan fingerprint density at radius 2 is 0.780 bits per heavy atom. The fraction of sp³-hybridized carbons (Fsp3) is 0. The molecule has 0 saturated heterocycles. The van der Waals surface area contributed by atoms with Crippen LogP contribution >= 0.6 is 0 Å². The third-order valence-electron chi connectivity index (χ3n) is 10.7. The molecule has 0 saturated carbocycles. The van der Waals surface area contributed by atoms with Crippen LogP contribution in [0.1, 0.15) is 0 Å². The Morgan fingerprint density at radius 3 is 1.48 bits per heavy atom. The zero-order chi connectivity index (χ0) is 32.8. The molecule has 2 nitrogen and oxygen atoms in total. The maximum atomic E-state index is 2.49. The summed E-state index contributed by atoms with van der Waals surface area (Å²) in [6, 6.07) is 66.8. The summed E-state index contributed by atoms with van der Waals surface area (Å²) < 4.78 is 4.87. The van der Waals surface area contributed by atoms with Gasteiger partial charge in [-0.15, -0.1) is 0 Å². The quantitative estimate of drug-likeness (QED) is 0.171. The maximum absolute atomic E-state index is 2.49. The molecule has 232 valence electrons. The van der Waals surface area contributed by atoms with Crippen LogP contribution in [0.5, 0.6) is 0 Å². The molecule has 0 unspecified atom stereocenters. The second-order valence-electron chi connectivity index (χ2n) is 13.3. The van der Waals surface area contributed by atoms with Crippen LogP contribution in [0.25, 0.3) is 98.4 Å². The van der Waals surface area contributed by atoms with Gasteiger partial charge in [-0.2, -0.15) is 0 Å². The van der Waals surface area contributed by atoms with Gasteiger partial charge in [0.1, 0.15) is 0 Å². The van der Waals surface area contributed by atoms with Gasteiger partial charge in [-0.1, -0.05) is 133 Å². The highest BCUT2D eigenvalue weighted by Gasteiger charge is 2.19. The molecule has 0 atom stereocenters. The van der Waals surface area contributed by atoms with E-state index >= 15 is 0 Å². The van der Waals surface area contributed by atoms with Gasteiger partial charge in [0.25, 0.3) is 0 Å². The van der Waals surface area contributed by atoms with Gasteiger partial charge in [0, 0.05) is 38.5 Å². The van der Waals surface area contributed by atoms with Crippen molar-refractivity contribution in [2.45, 2.75) is 0 Å². The van der Waals surface area contributed by atoms with E-state index in [2.05, 4.69) is 191 Å². The molecule has 9 aromatic carbocycles. The molecule has 0 amide bonds. The first-order valence-corrected chi connectivity index (χ1v) is 17.3. The van der Waals surface area contributed by atoms with Gasteiger partial charge in [-0.05, 0) is 86.4 Å². The van der Waals surface area contributed by atoms with E-state index in [1.807, 2.05) is 0 Å². The first-order valence-electron chi connectivity index (χ1n) is 17.3. The van der Waals surface area contributed by atoms with E-state index in [0.717, 1.165) is 0 Å². The number of hydrogen-bond acceptors (Lipinski definition) is 0. The zero-order valence-corrected chi connectivity index (χ0v) is 27.2. The van der Waals surface area contributed by atoms with Gasteiger partial charge in [-0.25, -0.2) is 0 Å². The van der Waals surface area contributed by atoms with Gasteiger partial charge in [0.15, 0.2) is 0 Å². The lowest BCUT2D eigenvalue weighted by molar-refractivity contribution is 1.18. The van der Waals surface area contributed by atoms with Crippen LogP contribution in [0.15, 0.2) is 182 Å². The van der Waals surface area contributed by atoms with Crippen molar-refractivity contribution < 1.29 is 0 Å².